The van der Waals surface area contributed by atoms with Gasteiger partial charge < -0.3 is 9.84 Å². The third kappa shape index (κ3) is 2.62. The first-order valence-corrected chi connectivity index (χ1v) is 3.45. The maximum atomic E-state index is 10.1. The van der Waals surface area contributed by atoms with Gasteiger partial charge in [0.2, 0.25) is 0 Å². The van der Waals surface area contributed by atoms with Crippen LogP contribution in [0, 0.1) is 6.92 Å². The Morgan fingerprint density at radius 1 is 1.42 bits per heavy atom. The summed E-state index contributed by atoms with van der Waals surface area (Å²) in [5, 5.41) is 8.29. The van der Waals surface area contributed by atoms with Crippen molar-refractivity contribution in [2.75, 3.05) is 6.61 Å². The van der Waals surface area contributed by atoms with Crippen LogP contribution in [0.5, 0.6) is 5.75 Å². The van der Waals surface area contributed by atoms with Crippen LogP contribution in [0.2, 0.25) is 0 Å². The number of rotatable bonds is 3. The highest BCUT2D eigenvalue weighted by atomic mass is 16.5. The van der Waals surface area contributed by atoms with Crippen molar-refractivity contribution in [2.45, 2.75) is 0 Å². The summed E-state index contributed by atoms with van der Waals surface area (Å²) in [6, 6.07) is 6.89. The second-order valence-corrected chi connectivity index (χ2v) is 2.33. The number of carboxylic acid groups (broad SMARTS) is 1. The molecule has 63 valence electrons. The van der Waals surface area contributed by atoms with E-state index in [-0.39, 0.29) is 6.61 Å². The molecular formula is C9H9O3. The molecule has 0 aliphatic rings. The maximum Gasteiger partial charge on any atom is 0.341 e. The van der Waals surface area contributed by atoms with E-state index < -0.39 is 5.97 Å². The standard InChI is InChI=1S/C9H9O3/c1-7-2-4-8(5-3-7)12-6-9(10)11/h2-5H,1,6H2,(H,10,11). The van der Waals surface area contributed by atoms with Crippen molar-refractivity contribution in [2.24, 2.45) is 0 Å². The molecule has 0 fully saturated rings. The fraction of sp³-hybridized carbons (Fsp3) is 0.111. The minimum absolute atomic E-state index is 0.309. The predicted molar refractivity (Wildman–Crippen MR) is 44.0 cm³/mol. The molecule has 0 aliphatic carbocycles. The Morgan fingerprint density at radius 3 is 2.50 bits per heavy atom. The molecule has 1 N–H and O–H groups in total. The van der Waals surface area contributed by atoms with Crippen LogP contribution in [0.1, 0.15) is 5.56 Å². The number of aliphatic carboxylic acids is 1. The summed E-state index contributed by atoms with van der Waals surface area (Å²) in [6.45, 7) is 3.38. The zero-order valence-corrected chi connectivity index (χ0v) is 6.49. The molecule has 1 aromatic carbocycles. The van der Waals surface area contributed by atoms with E-state index in [0.717, 1.165) is 5.56 Å². The normalized spacial score (nSPS) is 9.42. The molecular weight excluding hydrogens is 156 g/mol. The number of hydrogen-bond donors (Lipinski definition) is 1. The van der Waals surface area contributed by atoms with E-state index in [1.165, 1.54) is 0 Å². The second-order valence-electron chi connectivity index (χ2n) is 2.33. The Balaban J connectivity index is 2.53. The van der Waals surface area contributed by atoms with E-state index in [4.69, 9.17) is 9.84 Å². The molecule has 0 aliphatic heterocycles. The summed E-state index contributed by atoms with van der Waals surface area (Å²) in [7, 11) is 0. The van der Waals surface area contributed by atoms with Gasteiger partial charge in [-0.05, 0) is 24.6 Å². The van der Waals surface area contributed by atoms with Crippen molar-refractivity contribution in [1.82, 2.24) is 0 Å². The van der Waals surface area contributed by atoms with Crippen LogP contribution in [-0.2, 0) is 4.79 Å². The monoisotopic (exact) mass is 165 g/mol. The average Bonchev–Trinajstić information content (AvgIpc) is 2.03. The van der Waals surface area contributed by atoms with Gasteiger partial charge in [0, 0.05) is 0 Å². The smallest absolute Gasteiger partial charge is 0.341 e. The lowest BCUT2D eigenvalue weighted by Gasteiger charge is -2.01. The van der Waals surface area contributed by atoms with Crippen LogP contribution in [0.4, 0.5) is 0 Å². The van der Waals surface area contributed by atoms with Crippen molar-refractivity contribution < 1.29 is 14.6 Å². The number of ether oxygens (including phenoxy) is 1. The van der Waals surface area contributed by atoms with Crippen LogP contribution in [0.15, 0.2) is 24.3 Å². The SMILES string of the molecule is [CH2]c1ccc(OCC(=O)O)cc1. The molecule has 0 aromatic heterocycles. The van der Waals surface area contributed by atoms with E-state index in [1.54, 1.807) is 24.3 Å². The summed E-state index contributed by atoms with van der Waals surface area (Å²) in [5.41, 5.74) is 0.873. The quantitative estimate of drug-likeness (QED) is 0.735. The summed E-state index contributed by atoms with van der Waals surface area (Å²) in [5.74, 6) is -0.432. The zero-order valence-electron chi connectivity index (χ0n) is 6.49. The van der Waals surface area contributed by atoms with Crippen LogP contribution >= 0.6 is 0 Å². The number of benzene rings is 1. The minimum Gasteiger partial charge on any atom is -0.482 e. The molecule has 1 aromatic rings. The van der Waals surface area contributed by atoms with Gasteiger partial charge in [-0.1, -0.05) is 12.1 Å². The molecule has 0 atom stereocenters. The lowest BCUT2D eigenvalue weighted by Crippen LogP contribution is -2.09. The predicted octanol–water partition coefficient (Wildman–Crippen LogP) is 1.33. The molecule has 0 unspecified atom stereocenters. The molecule has 0 saturated heterocycles. The molecule has 3 nitrogen and oxygen atoms in total. The maximum absolute atomic E-state index is 10.1. The van der Waals surface area contributed by atoms with Gasteiger partial charge in [-0.25, -0.2) is 4.79 Å². The first-order chi connectivity index (χ1) is 5.68. The van der Waals surface area contributed by atoms with Crippen LogP contribution in [0.25, 0.3) is 0 Å². The Kier molecular flexibility index (Phi) is 2.69. The van der Waals surface area contributed by atoms with Gasteiger partial charge in [0.15, 0.2) is 6.61 Å². The Labute approximate surface area is 70.6 Å². The molecule has 12 heavy (non-hydrogen) atoms. The van der Waals surface area contributed by atoms with Gasteiger partial charge in [-0.3, -0.25) is 0 Å². The van der Waals surface area contributed by atoms with Gasteiger partial charge in [0.05, 0.1) is 0 Å². The van der Waals surface area contributed by atoms with Crippen LogP contribution in [-0.4, -0.2) is 17.7 Å². The molecule has 0 spiro atoms. The molecule has 0 saturated carbocycles. The second kappa shape index (κ2) is 3.76. The summed E-state index contributed by atoms with van der Waals surface area (Å²) in [4.78, 5) is 10.1. The number of carbonyl (C=O) groups is 1. The van der Waals surface area contributed by atoms with E-state index >= 15 is 0 Å². The number of hydrogen-bond acceptors (Lipinski definition) is 2. The third-order valence-electron chi connectivity index (χ3n) is 1.29. The lowest BCUT2D eigenvalue weighted by atomic mass is 10.2. The van der Waals surface area contributed by atoms with Crippen molar-refractivity contribution in [3.8, 4) is 5.75 Å². The van der Waals surface area contributed by atoms with E-state index in [9.17, 15) is 4.79 Å². The Bertz CT molecular complexity index is 264. The third-order valence-corrected chi connectivity index (χ3v) is 1.29. The fourth-order valence-electron chi connectivity index (χ4n) is 0.731. The zero-order chi connectivity index (χ0) is 8.97. The van der Waals surface area contributed by atoms with Gasteiger partial charge in [-0.2, -0.15) is 0 Å². The topological polar surface area (TPSA) is 46.5 Å². The minimum atomic E-state index is -0.978. The molecule has 0 bridgehead atoms. The molecule has 0 heterocycles. The Hall–Kier alpha value is -1.51. The van der Waals surface area contributed by atoms with Gasteiger partial charge in [0.25, 0.3) is 0 Å². The fourth-order valence-corrected chi connectivity index (χ4v) is 0.731. The van der Waals surface area contributed by atoms with Gasteiger partial charge in [0.1, 0.15) is 5.75 Å². The van der Waals surface area contributed by atoms with Crippen LogP contribution < -0.4 is 4.74 Å². The highest BCUT2D eigenvalue weighted by Crippen LogP contribution is 2.10. The largest absolute Gasteiger partial charge is 0.482 e. The molecule has 0 amide bonds. The highest BCUT2D eigenvalue weighted by molar-refractivity contribution is 5.68. The van der Waals surface area contributed by atoms with Crippen molar-refractivity contribution in [1.29, 1.82) is 0 Å². The van der Waals surface area contributed by atoms with Gasteiger partial charge in [-0.15, -0.1) is 0 Å². The Morgan fingerprint density at radius 2 is 2.00 bits per heavy atom. The first-order valence-electron chi connectivity index (χ1n) is 3.45. The average molecular weight is 165 g/mol. The lowest BCUT2D eigenvalue weighted by molar-refractivity contribution is -0.139. The summed E-state index contributed by atoms with van der Waals surface area (Å²) < 4.78 is 4.90. The first kappa shape index (κ1) is 8.59. The van der Waals surface area contributed by atoms with Crippen molar-refractivity contribution >= 4 is 5.97 Å². The molecule has 1 rings (SSSR count). The van der Waals surface area contributed by atoms with E-state index in [0.29, 0.717) is 5.75 Å². The van der Waals surface area contributed by atoms with Crippen molar-refractivity contribution in [3.63, 3.8) is 0 Å². The van der Waals surface area contributed by atoms with Gasteiger partial charge >= 0.3 is 5.97 Å². The molecule has 3 heteroatoms. The molecule has 1 radical (unpaired) electrons. The summed E-state index contributed by atoms with van der Waals surface area (Å²) >= 11 is 0. The summed E-state index contributed by atoms with van der Waals surface area (Å²) in [6.07, 6.45) is 0. The van der Waals surface area contributed by atoms with E-state index in [2.05, 4.69) is 6.92 Å². The number of carboxylic acids is 1. The van der Waals surface area contributed by atoms with Crippen LogP contribution in [0.3, 0.4) is 0 Å². The van der Waals surface area contributed by atoms with Crippen molar-refractivity contribution in [3.05, 3.63) is 36.8 Å². The van der Waals surface area contributed by atoms with E-state index in [1.807, 2.05) is 0 Å². The highest BCUT2D eigenvalue weighted by Gasteiger charge is 1.97.